The smallest absolute Gasteiger partial charge is 0.326 e. The predicted octanol–water partition coefficient (Wildman–Crippen LogP) is 1.84. The Morgan fingerprint density at radius 3 is 2.84 bits per heavy atom. The number of hydrogen-bond acceptors (Lipinski definition) is 4. The normalized spacial score (nSPS) is 24.1. The molecule has 1 aromatic carbocycles. The molecule has 0 aliphatic carbocycles. The Labute approximate surface area is 114 Å². The van der Waals surface area contributed by atoms with Crippen LogP contribution in [0.4, 0.5) is 0 Å². The van der Waals surface area contributed by atoms with Crippen LogP contribution in [0, 0.1) is 0 Å². The average molecular weight is 263 g/mol. The van der Waals surface area contributed by atoms with Crippen LogP contribution in [0.15, 0.2) is 30.3 Å². The van der Waals surface area contributed by atoms with Gasteiger partial charge in [-0.25, -0.2) is 0 Å². The van der Waals surface area contributed by atoms with Crippen LogP contribution in [0.5, 0.6) is 0 Å². The van der Waals surface area contributed by atoms with Crippen LogP contribution in [0.2, 0.25) is 0 Å². The molecule has 0 saturated carbocycles. The number of benzene rings is 1. The molecular weight excluding hydrogens is 242 g/mol. The van der Waals surface area contributed by atoms with Crippen molar-refractivity contribution in [3.05, 3.63) is 35.9 Å². The van der Waals surface area contributed by atoms with E-state index in [1.54, 1.807) is 0 Å². The second-order valence-electron chi connectivity index (χ2n) is 4.73. The highest BCUT2D eigenvalue weighted by molar-refractivity contribution is 5.76. The molecular formula is C15H21NO3. The first-order valence-corrected chi connectivity index (χ1v) is 6.78. The molecule has 0 unspecified atom stereocenters. The standard InChI is InChI=1S/C15H21NO3/c1-3-18-15(17)14-12(2)19-10-9-16(14)11-13-7-5-4-6-8-13/h4-8,12,14H,3,9-11H2,1-2H3/t12-,14+/m0/s1. The highest BCUT2D eigenvalue weighted by Gasteiger charge is 2.36. The third kappa shape index (κ3) is 3.55. The van der Waals surface area contributed by atoms with Gasteiger partial charge in [-0.1, -0.05) is 30.3 Å². The molecule has 0 aromatic heterocycles. The summed E-state index contributed by atoms with van der Waals surface area (Å²) in [7, 11) is 0. The Balaban J connectivity index is 2.09. The molecule has 0 radical (unpaired) electrons. The first kappa shape index (κ1) is 14.0. The highest BCUT2D eigenvalue weighted by Crippen LogP contribution is 2.18. The second-order valence-corrected chi connectivity index (χ2v) is 4.73. The van der Waals surface area contributed by atoms with Crippen LogP contribution in [0.1, 0.15) is 19.4 Å². The van der Waals surface area contributed by atoms with Gasteiger partial charge in [-0.15, -0.1) is 0 Å². The minimum Gasteiger partial charge on any atom is -0.465 e. The Hall–Kier alpha value is -1.39. The second kappa shape index (κ2) is 6.68. The lowest BCUT2D eigenvalue weighted by atomic mass is 10.1. The third-order valence-corrected chi connectivity index (χ3v) is 3.35. The molecule has 19 heavy (non-hydrogen) atoms. The van der Waals surface area contributed by atoms with Crippen molar-refractivity contribution < 1.29 is 14.3 Å². The van der Waals surface area contributed by atoms with E-state index in [4.69, 9.17) is 9.47 Å². The zero-order valence-electron chi connectivity index (χ0n) is 11.5. The molecule has 0 N–H and O–H groups in total. The summed E-state index contributed by atoms with van der Waals surface area (Å²) in [4.78, 5) is 14.2. The topological polar surface area (TPSA) is 38.8 Å². The number of carbonyl (C=O) groups excluding carboxylic acids is 1. The fourth-order valence-corrected chi connectivity index (χ4v) is 2.45. The summed E-state index contributed by atoms with van der Waals surface area (Å²) in [6.45, 7) is 6.32. The fraction of sp³-hybridized carbons (Fsp3) is 0.533. The van der Waals surface area contributed by atoms with Crippen LogP contribution < -0.4 is 0 Å². The summed E-state index contributed by atoms with van der Waals surface area (Å²) < 4.78 is 10.7. The summed E-state index contributed by atoms with van der Waals surface area (Å²) >= 11 is 0. The molecule has 1 aromatic rings. The third-order valence-electron chi connectivity index (χ3n) is 3.35. The maximum Gasteiger partial charge on any atom is 0.326 e. The van der Waals surface area contributed by atoms with Crippen molar-refractivity contribution in [2.75, 3.05) is 19.8 Å². The van der Waals surface area contributed by atoms with E-state index in [-0.39, 0.29) is 18.1 Å². The van der Waals surface area contributed by atoms with Crippen LogP contribution in [0.3, 0.4) is 0 Å². The molecule has 0 amide bonds. The van der Waals surface area contributed by atoms with Crippen LogP contribution >= 0.6 is 0 Å². The summed E-state index contributed by atoms with van der Waals surface area (Å²) in [5, 5.41) is 0. The molecule has 4 nitrogen and oxygen atoms in total. The number of esters is 1. The minimum absolute atomic E-state index is 0.128. The van der Waals surface area contributed by atoms with Crippen molar-refractivity contribution in [2.24, 2.45) is 0 Å². The van der Waals surface area contributed by atoms with Gasteiger partial charge >= 0.3 is 5.97 Å². The summed E-state index contributed by atoms with van der Waals surface area (Å²) in [6, 6.07) is 9.85. The maximum absolute atomic E-state index is 12.1. The number of hydrogen-bond donors (Lipinski definition) is 0. The van der Waals surface area contributed by atoms with Gasteiger partial charge in [0.25, 0.3) is 0 Å². The number of nitrogens with zero attached hydrogens (tertiary/aromatic N) is 1. The predicted molar refractivity (Wildman–Crippen MR) is 72.7 cm³/mol. The number of carbonyl (C=O) groups is 1. The zero-order chi connectivity index (χ0) is 13.7. The van der Waals surface area contributed by atoms with Crippen molar-refractivity contribution in [1.29, 1.82) is 0 Å². The fourth-order valence-electron chi connectivity index (χ4n) is 2.45. The largest absolute Gasteiger partial charge is 0.465 e. The van der Waals surface area contributed by atoms with Crippen molar-refractivity contribution >= 4 is 5.97 Å². The van der Waals surface area contributed by atoms with Crippen LogP contribution in [-0.2, 0) is 20.8 Å². The van der Waals surface area contributed by atoms with E-state index < -0.39 is 0 Å². The van der Waals surface area contributed by atoms with Crippen LogP contribution in [0.25, 0.3) is 0 Å². The van der Waals surface area contributed by atoms with Gasteiger partial charge in [-0.3, -0.25) is 9.69 Å². The van der Waals surface area contributed by atoms with E-state index in [1.807, 2.05) is 32.0 Å². The molecule has 2 rings (SSSR count). The number of ether oxygens (including phenoxy) is 2. The Morgan fingerprint density at radius 1 is 1.42 bits per heavy atom. The molecule has 4 heteroatoms. The Kier molecular flexibility index (Phi) is 4.93. The molecule has 104 valence electrons. The van der Waals surface area contributed by atoms with Crippen molar-refractivity contribution in [3.8, 4) is 0 Å². The van der Waals surface area contributed by atoms with E-state index in [1.165, 1.54) is 5.56 Å². The van der Waals surface area contributed by atoms with E-state index in [2.05, 4.69) is 17.0 Å². The molecule has 1 heterocycles. The van der Waals surface area contributed by atoms with E-state index in [0.29, 0.717) is 13.2 Å². The van der Waals surface area contributed by atoms with Gasteiger partial charge in [0.2, 0.25) is 0 Å². The molecule has 0 bridgehead atoms. The van der Waals surface area contributed by atoms with Crippen molar-refractivity contribution in [3.63, 3.8) is 0 Å². The van der Waals surface area contributed by atoms with Crippen molar-refractivity contribution in [1.82, 2.24) is 4.90 Å². The lowest BCUT2D eigenvalue weighted by Crippen LogP contribution is -2.54. The summed E-state index contributed by atoms with van der Waals surface area (Å²) in [6.07, 6.45) is -0.128. The number of rotatable bonds is 4. The first-order chi connectivity index (χ1) is 9.22. The summed E-state index contributed by atoms with van der Waals surface area (Å²) in [5.74, 6) is -0.189. The van der Waals surface area contributed by atoms with Crippen molar-refractivity contribution in [2.45, 2.75) is 32.5 Å². The molecule has 1 fully saturated rings. The number of morpholine rings is 1. The van der Waals surface area contributed by atoms with E-state index >= 15 is 0 Å². The molecule has 0 spiro atoms. The lowest BCUT2D eigenvalue weighted by molar-refractivity contribution is -0.162. The minimum atomic E-state index is -0.311. The quantitative estimate of drug-likeness (QED) is 0.777. The molecule has 1 aliphatic heterocycles. The SMILES string of the molecule is CCOC(=O)[C@H]1[C@H](C)OCCN1Cc1ccccc1. The van der Waals surface area contributed by atoms with Gasteiger partial charge in [0.05, 0.1) is 19.3 Å². The molecule has 1 saturated heterocycles. The van der Waals surface area contributed by atoms with Gasteiger partial charge in [-0.2, -0.15) is 0 Å². The van der Waals surface area contributed by atoms with Gasteiger partial charge in [0.1, 0.15) is 6.04 Å². The molecule has 2 atom stereocenters. The van der Waals surface area contributed by atoms with Gasteiger partial charge in [0.15, 0.2) is 0 Å². The zero-order valence-corrected chi connectivity index (χ0v) is 11.5. The monoisotopic (exact) mass is 263 g/mol. The summed E-state index contributed by atoms with van der Waals surface area (Å²) in [5.41, 5.74) is 1.20. The average Bonchev–Trinajstić information content (AvgIpc) is 2.40. The van der Waals surface area contributed by atoms with Gasteiger partial charge < -0.3 is 9.47 Å². The lowest BCUT2D eigenvalue weighted by Gasteiger charge is -2.38. The first-order valence-electron chi connectivity index (χ1n) is 6.78. The van der Waals surface area contributed by atoms with Gasteiger partial charge in [-0.05, 0) is 19.4 Å². The Morgan fingerprint density at radius 2 is 2.16 bits per heavy atom. The molecule has 1 aliphatic rings. The maximum atomic E-state index is 12.1. The highest BCUT2D eigenvalue weighted by atomic mass is 16.5. The van der Waals surface area contributed by atoms with E-state index in [0.717, 1.165) is 13.1 Å². The Bertz CT molecular complexity index is 407. The van der Waals surface area contributed by atoms with Gasteiger partial charge in [0, 0.05) is 13.1 Å². The van der Waals surface area contributed by atoms with E-state index in [9.17, 15) is 4.79 Å². The van der Waals surface area contributed by atoms with Crippen LogP contribution in [-0.4, -0.2) is 42.8 Å².